The van der Waals surface area contributed by atoms with Crippen molar-refractivity contribution in [1.29, 1.82) is 0 Å². The molecule has 0 unspecified atom stereocenters. The molecule has 6 rings (SSSR count). The van der Waals surface area contributed by atoms with Crippen molar-refractivity contribution < 1.29 is 0 Å². The van der Waals surface area contributed by atoms with Crippen LogP contribution in [0.1, 0.15) is 25.0 Å². The fourth-order valence-electron chi connectivity index (χ4n) is 5.01. The summed E-state index contributed by atoms with van der Waals surface area (Å²) in [5.74, 6) is 1.15. The van der Waals surface area contributed by atoms with Gasteiger partial charge in [-0.25, -0.2) is 4.98 Å². The summed E-state index contributed by atoms with van der Waals surface area (Å²) in [6.45, 7) is 4.53. The SMILES string of the molecule is CC1(C)c2ccccc2-c2c(-c3nc(Cl)nc(-c4cccc(-c5ccccc5)c4)n3)cccc21. The van der Waals surface area contributed by atoms with Gasteiger partial charge in [0.1, 0.15) is 0 Å². The lowest BCUT2D eigenvalue weighted by atomic mass is 9.82. The lowest BCUT2D eigenvalue weighted by Crippen LogP contribution is -2.14. The fourth-order valence-corrected chi connectivity index (χ4v) is 5.17. The van der Waals surface area contributed by atoms with E-state index in [1.807, 2.05) is 30.3 Å². The van der Waals surface area contributed by atoms with Gasteiger partial charge in [-0.1, -0.05) is 105 Å². The Labute approximate surface area is 204 Å². The number of hydrogen-bond donors (Lipinski definition) is 0. The van der Waals surface area contributed by atoms with Gasteiger partial charge in [-0.15, -0.1) is 0 Å². The number of benzene rings is 4. The maximum Gasteiger partial charge on any atom is 0.226 e. The van der Waals surface area contributed by atoms with E-state index >= 15 is 0 Å². The van der Waals surface area contributed by atoms with Crippen molar-refractivity contribution in [2.24, 2.45) is 0 Å². The van der Waals surface area contributed by atoms with E-state index in [4.69, 9.17) is 16.6 Å². The number of fused-ring (bicyclic) bond motifs is 3. The average Bonchev–Trinajstić information content (AvgIpc) is 3.11. The predicted molar refractivity (Wildman–Crippen MR) is 139 cm³/mol. The number of hydrogen-bond acceptors (Lipinski definition) is 3. The van der Waals surface area contributed by atoms with Crippen molar-refractivity contribution in [2.75, 3.05) is 0 Å². The average molecular weight is 460 g/mol. The third kappa shape index (κ3) is 3.32. The molecule has 0 bridgehead atoms. The van der Waals surface area contributed by atoms with E-state index < -0.39 is 0 Å². The van der Waals surface area contributed by atoms with Gasteiger partial charge >= 0.3 is 0 Å². The minimum Gasteiger partial charge on any atom is -0.208 e. The third-order valence-electron chi connectivity index (χ3n) is 6.68. The van der Waals surface area contributed by atoms with Crippen LogP contribution in [0.5, 0.6) is 0 Å². The van der Waals surface area contributed by atoms with Gasteiger partial charge < -0.3 is 0 Å². The topological polar surface area (TPSA) is 38.7 Å². The van der Waals surface area contributed by atoms with Crippen LogP contribution in [0, 0.1) is 0 Å². The number of halogens is 1. The molecule has 0 saturated carbocycles. The van der Waals surface area contributed by atoms with E-state index in [0.29, 0.717) is 11.6 Å². The van der Waals surface area contributed by atoms with E-state index in [-0.39, 0.29) is 10.7 Å². The van der Waals surface area contributed by atoms with Gasteiger partial charge in [0.2, 0.25) is 5.28 Å². The highest BCUT2D eigenvalue weighted by molar-refractivity contribution is 6.28. The van der Waals surface area contributed by atoms with Crippen molar-refractivity contribution in [3.8, 4) is 45.0 Å². The Morgan fingerprint density at radius 1 is 0.559 bits per heavy atom. The van der Waals surface area contributed by atoms with E-state index in [1.165, 1.54) is 22.3 Å². The summed E-state index contributed by atoms with van der Waals surface area (Å²) in [5.41, 5.74) is 9.02. The maximum absolute atomic E-state index is 6.45. The molecule has 4 heteroatoms. The van der Waals surface area contributed by atoms with Crippen molar-refractivity contribution in [3.05, 3.63) is 113 Å². The molecule has 164 valence electrons. The van der Waals surface area contributed by atoms with Gasteiger partial charge in [-0.05, 0) is 51.0 Å². The molecular formula is C30H22ClN3. The van der Waals surface area contributed by atoms with Gasteiger partial charge in [-0.2, -0.15) is 9.97 Å². The first-order valence-electron chi connectivity index (χ1n) is 11.3. The monoisotopic (exact) mass is 459 g/mol. The molecule has 4 aromatic carbocycles. The predicted octanol–water partition coefficient (Wildman–Crippen LogP) is 7.83. The molecule has 0 atom stereocenters. The van der Waals surface area contributed by atoms with Gasteiger partial charge in [0.15, 0.2) is 11.6 Å². The van der Waals surface area contributed by atoms with E-state index in [2.05, 4.69) is 90.5 Å². The molecule has 1 aliphatic carbocycles. The minimum atomic E-state index is -0.0917. The number of aromatic nitrogens is 3. The molecule has 0 aliphatic heterocycles. The Hall–Kier alpha value is -3.82. The smallest absolute Gasteiger partial charge is 0.208 e. The van der Waals surface area contributed by atoms with Gasteiger partial charge in [0, 0.05) is 16.5 Å². The minimum absolute atomic E-state index is 0.0917. The highest BCUT2D eigenvalue weighted by Gasteiger charge is 2.37. The quantitative estimate of drug-likeness (QED) is 0.276. The summed E-state index contributed by atoms with van der Waals surface area (Å²) >= 11 is 6.45. The maximum atomic E-state index is 6.45. The normalized spacial score (nSPS) is 13.4. The first-order valence-corrected chi connectivity index (χ1v) is 11.7. The summed E-state index contributed by atoms with van der Waals surface area (Å²) in [5, 5.41) is 0.188. The van der Waals surface area contributed by atoms with Crippen LogP contribution in [0.3, 0.4) is 0 Å². The van der Waals surface area contributed by atoms with Crippen LogP contribution in [0.25, 0.3) is 45.0 Å². The molecule has 34 heavy (non-hydrogen) atoms. The molecule has 0 spiro atoms. The zero-order valence-corrected chi connectivity index (χ0v) is 19.7. The van der Waals surface area contributed by atoms with E-state index in [0.717, 1.165) is 22.3 Å². The molecule has 0 amide bonds. The van der Waals surface area contributed by atoms with Gasteiger partial charge in [0.25, 0.3) is 0 Å². The fraction of sp³-hybridized carbons (Fsp3) is 0.100. The molecule has 1 aromatic heterocycles. The summed E-state index contributed by atoms with van der Waals surface area (Å²) in [7, 11) is 0. The highest BCUT2D eigenvalue weighted by Crippen LogP contribution is 2.51. The van der Waals surface area contributed by atoms with Crippen molar-refractivity contribution >= 4 is 11.6 Å². The molecule has 3 nitrogen and oxygen atoms in total. The summed E-state index contributed by atoms with van der Waals surface area (Å²) in [6.07, 6.45) is 0. The number of nitrogens with zero attached hydrogens (tertiary/aromatic N) is 3. The molecule has 1 heterocycles. The number of rotatable bonds is 3. The molecule has 0 N–H and O–H groups in total. The van der Waals surface area contributed by atoms with Crippen molar-refractivity contribution in [2.45, 2.75) is 19.3 Å². The summed E-state index contributed by atoms with van der Waals surface area (Å²) < 4.78 is 0. The Morgan fingerprint density at radius 3 is 2.03 bits per heavy atom. The van der Waals surface area contributed by atoms with Crippen LogP contribution in [0.4, 0.5) is 0 Å². The van der Waals surface area contributed by atoms with Gasteiger partial charge in [0.05, 0.1) is 0 Å². The third-order valence-corrected chi connectivity index (χ3v) is 6.85. The Morgan fingerprint density at radius 2 is 1.18 bits per heavy atom. The second-order valence-corrected chi connectivity index (χ2v) is 9.44. The summed E-state index contributed by atoms with van der Waals surface area (Å²) in [6, 6.07) is 33.4. The molecule has 1 aliphatic rings. The van der Waals surface area contributed by atoms with Crippen LogP contribution in [0.2, 0.25) is 5.28 Å². The zero-order valence-electron chi connectivity index (χ0n) is 19.0. The Bertz CT molecular complexity index is 1540. The van der Waals surface area contributed by atoms with Crippen LogP contribution in [-0.4, -0.2) is 15.0 Å². The van der Waals surface area contributed by atoms with Crippen LogP contribution in [0.15, 0.2) is 97.1 Å². The lowest BCUT2D eigenvalue weighted by molar-refractivity contribution is 0.660. The summed E-state index contributed by atoms with van der Waals surface area (Å²) in [4.78, 5) is 13.9. The van der Waals surface area contributed by atoms with Crippen LogP contribution in [-0.2, 0) is 5.41 Å². The van der Waals surface area contributed by atoms with Crippen LogP contribution < -0.4 is 0 Å². The second-order valence-electron chi connectivity index (χ2n) is 9.10. The van der Waals surface area contributed by atoms with Crippen LogP contribution >= 0.6 is 11.6 Å². The standard InChI is InChI=1S/C30H22ClN3/c1-30(2)24-16-7-6-14-22(24)26-23(15-9-17-25(26)30)28-32-27(33-29(31)34-28)21-13-8-12-20(18-21)19-10-4-3-5-11-19/h3-18H,1-2H3. The van der Waals surface area contributed by atoms with Gasteiger partial charge in [-0.3, -0.25) is 0 Å². The van der Waals surface area contributed by atoms with E-state index in [9.17, 15) is 0 Å². The molecular weight excluding hydrogens is 438 g/mol. The molecule has 0 saturated heterocycles. The first-order chi connectivity index (χ1) is 16.5. The largest absolute Gasteiger partial charge is 0.226 e. The van der Waals surface area contributed by atoms with E-state index in [1.54, 1.807) is 0 Å². The Balaban J connectivity index is 1.51. The second kappa shape index (κ2) is 7.89. The molecule has 5 aromatic rings. The molecule has 0 radical (unpaired) electrons. The first kappa shape index (κ1) is 20.8. The highest BCUT2D eigenvalue weighted by atomic mass is 35.5. The lowest BCUT2D eigenvalue weighted by Gasteiger charge is -2.21. The van der Waals surface area contributed by atoms with Crippen molar-refractivity contribution in [1.82, 2.24) is 15.0 Å². The Kier molecular flexibility index (Phi) is 4.82. The van der Waals surface area contributed by atoms with Crippen molar-refractivity contribution in [3.63, 3.8) is 0 Å². The molecule has 0 fully saturated rings. The zero-order chi connectivity index (χ0) is 23.3.